The van der Waals surface area contributed by atoms with E-state index in [1.54, 1.807) is 23.7 Å². The molecule has 0 aliphatic heterocycles. The summed E-state index contributed by atoms with van der Waals surface area (Å²) in [5.74, 6) is 1.44. The fraction of sp³-hybridized carbons (Fsp3) is 0.115. The Morgan fingerprint density at radius 1 is 1.06 bits per heavy atom. The Balaban J connectivity index is 1.82. The van der Waals surface area contributed by atoms with E-state index in [-0.39, 0.29) is 0 Å². The molecule has 0 saturated heterocycles. The highest BCUT2D eigenvalue weighted by Crippen LogP contribution is 2.47. The average Bonchev–Trinajstić information content (AvgIpc) is 3.40. The number of aliphatic hydroxyl groups excluding tert-OH is 1. The number of aryl methyl sites for hydroxylation is 1. The molecule has 6 heteroatoms. The van der Waals surface area contributed by atoms with Crippen molar-refractivity contribution in [2.45, 2.75) is 19.4 Å². The molecule has 1 N–H and O–H groups in total. The van der Waals surface area contributed by atoms with Gasteiger partial charge in [0.05, 0.1) is 0 Å². The van der Waals surface area contributed by atoms with Crippen LogP contribution in [0.15, 0.2) is 76.8 Å². The molecule has 0 aliphatic rings. The highest BCUT2D eigenvalue weighted by Gasteiger charge is 2.29. The summed E-state index contributed by atoms with van der Waals surface area (Å²) in [5.41, 5.74) is 4.18. The quantitative estimate of drug-likeness (QED) is 0.276. The molecule has 0 saturated carbocycles. The highest BCUT2D eigenvalue weighted by atomic mass is 35.5. The number of hydrogen-bond acceptors (Lipinski definition) is 4. The number of pyridine rings is 1. The minimum atomic E-state index is -0.914. The Bertz CT molecular complexity index is 1390. The van der Waals surface area contributed by atoms with Gasteiger partial charge in [-0.1, -0.05) is 36.2 Å². The van der Waals surface area contributed by atoms with E-state index in [9.17, 15) is 5.11 Å². The summed E-state index contributed by atoms with van der Waals surface area (Å²) in [6.07, 6.45) is 3.13. The van der Waals surface area contributed by atoms with Crippen molar-refractivity contribution in [3.8, 4) is 22.5 Å². The van der Waals surface area contributed by atoms with Crippen LogP contribution < -0.4 is 0 Å². The molecule has 0 amide bonds. The lowest BCUT2D eigenvalue weighted by molar-refractivity contribution is 0.220. The molecule has 160 valence electrons. The van der Waals surface area contributed by atoms with E-state index in [2.05, 4.69) is 17.3 Å². The van der Waals surface area contributed by atoms with Crippen LogP contribution in [-0.2, 0) is 6.42 Å². The molecular weight excluding hydrogens is 461 g/mol. The van der Waals surface area contributed by atoms with Crippen molar-refractivity contribution in [2.75, 3.05) is 0 Å². The van der Waals surface area contributed by atoms with Crippen LogP contribution in [0.4, 0.5) is 0 Å². The van der Waals surface area contributed by atoms with Gasteiger partial charge < -0.3 is 9.52 Å². The first-order valence-electron chi connectivity index (χ1n) is 10.2. The third-order valence-corrected chi connectivity index (χ3v) is 6.97. The van der Waals surface area contributed by atoms with E-state index < -0.39 is 6.10 Å². The van der Waals surface area contributed by atoms with Crippen molar-refractivity contribution in [1.29, 1.82) is 0 Å². The summed E-state index contributed by atoms with van der Waals surface area (Å²) < 4.78 is 7.54. The van der Waals surface area contributed by atoms with Crippen molar-refractivity contribution < 1.29 is 9.52 Å². The molecule has 0 aliphatic carbocycles. The summed E-state index contributed by atoms with van der Waals surface area (Å²) in [5, 5.41) is 16.0. The van der Waals surface area contributed by atoms with E-state index in [0.717, 1.165) is 38.1 Å². The maximum absolute atomic E-state index is 11.6. The zero-order valence-corrected chi connectivity index (χ0v) is 19.5. The van der Waals surface area contributed by atoms with Crippen LogP contribution in [0, 0.1) is 0 Å². The molecule has 32 heavy (non-hydrogen) atoms. The first-order chi connectivity index (χ1) is 15.6. The smallest absolute Gasteiger partial charge is 0.141 e. The van der Waals surface area contributed by atoms with Crippen molar-refractivity contribution in [3.63, 3.8) is 0 Å². The fourth-order valence-electron chi connectivity index (χ4n) is 4.01. The number of furan rings is 1. The molecule has 1 unspecified atom stereocenters. The largest absolute Gasteiger partial charge is 0.460 e. The van der Waals surface area contributed by atoms with Crippen LogP contribution in [0.5, 0.6) is 0 Å². The van der Waals surface area contributed by atoms with Gasteiger partial charge in [0.1, 0.15) is 17.6 Å². The second kappa shape index (κ2) is 8.72. The minimum Gasteiger partial charge on any atom is -0.460 e. The third kappa shape index (κ3) is 3.74. The van der Waals surface area contributed by atoms with Gasteiger partial charge in [0.25, 0.3) is 0 Å². The van der Waals surface area contributed by atoms with Gasteiger partial charge in [0, 0.05) is 66.8 Å². The van der Waals surface area contributed by atoms with E-state index in [1.165, 1.54) is 0 Å². The van der Waals surface area contributed by atoms with Crippen LogP contribution >= 0.6 is 34.5 Å². The molecule has 5 rings (SSSR count). The maximum Gasteiger partial charge on any atom is 0.141 e. The molecule has 0 spiro atoms. The Labute approximate surface area is 199 Å². The lowest BCUT2D eigenvalue weighted by Gasteiger charge is -2.14. The van der Waals surface area contributed by atoms with Crippen molar-refractivity contribution in [1.82, 2.24) is 4.98 Å². The predicted octanol–water partition coefficient (Wildman–Crippen LogP) is 8.17. The summed E-state index contributed by atoms with van der Waals surface area (Å²) in [6.45, 7) is 2.05. The number of fused-ring (bicyclic) bond motifs is 1. The second-order valence-corrected chi connectivity index (χ2v) is 9.27. The molecule has 0 bridgehead atoms. The molecule has 0 radical (unpaired) electrons. The summed E-state index contributed by atoms with van der Waals surface area (Å²) in [4.78, 5) is 4.20. The predicted molar refractivity (Wildman–Crippen MR) is 133 cm³/mol. The lowest BCUT2D eigenvalue weighted by Crippen LogP contribution is -2.02. The van der Waals surface area contributed by atoms with Gasteiger partial charge in [-0.2, -0.15) is 0 Å². The zero-order valence-electron chi connectivity index (χ0n) is 17.2. The summed E-state index contributed by atoms with van der Waals surface area (Å²) in [6, 6.07) is 17.0. The van der Waals surface area contributed by atoms with E-state index in [0.29, 0.717) is 27.8 Å². The number of aliphatic hydroxyl groups is 1. The van der Waals surface area contributed by atoms with Gasteiger partial charge in [0.2, 0.25) is 0 Å². The fourth-order valence-corrected chi connectivity index (χ4v) is 5.24. The molecular formula is C26H19Cl2NO2S. The monoisotopic (exact) mass is 479 g/mol. The maximum atomic E-state index is 11.6. The molecule has 1 atom stereocenters. The van der Waals surface area contributed by atoms with Crippen LogP contribution in [-0.4, -0.2) is 10.1 Å². The van der Waals surface area contributed by atoms with Crippen LogP contribution in [0.3, 0.4) is 0 Å². The van der Waals surface area contributed by atoms with Gasteiger partial charge in [-0.05, 0) is 53.9 Å². The Hall–Kier alpha value is -2.63. The van der Waals surface area contributed by atoms with E-state index in [1.807, 2.05) is 54.6 Å². The first-order valence-corrected chi connectivity index (χ1v) is 11.9. The second-order valence-electron chi connectivity index (χ2n) is 7.48. The molecule has 3 aromatic heterocycles. The number of rotatable bonds is 5. The number of halogens is 2. The number of thiophene rings is 1. The van der Waals surface area contributed by atoms with Crippen molar-refractivity contribution in [2.24, 2.45) is 0 Å². The van der Waals surface area contributed by atoms with Gasteiger partial charge in [-0.3, -0.25) is 4.98 Å². The number of benzene rings is 2. The highest BCUT2D eigenvalue weighted by molar-refractivity contribution is 7.17. The van der Waals surface area contributed by atoms with Crippen LogP contribution in [0.25, 0.3) is 32.5 Å². The standard InChI is InChI=1S/C26H19Cl2NO2S/c1-2-21-23(20-14-32-22-10-9-18(28)12-19(20)22)24(25(30)16-4-3-11-29-13-16)26(31-21)15-5-7-17(27)8-6-15/h3-14,25,30H,2H2,1H3. The summed E-state index contributed by atoms with van der Waals surface area (Å²) >= 11 is 14.1. The number of nitrogens with zero attached hydrogens (tertiary/aromatic N) is 1. The van der Waals surface area contributed by atoms with Gasteiger partial charge >= 0.3 is 0 Å². The van der Waals surface area contributed by atoms with Gasteiger partial charge in [-0.15, -0.1) is 11.3 Å². The molecule has 3 nitrogen and oxygen atoms in total. The minimum absolute atomic E-state index is 0.631. The zero-order chi connectivity index (χ0) is 22.2. The first kappa shape index (κ1) is 21.2. The van der Waals surface area contributed by atoms with Gasteiger partial charge in [0.15, 0.2) is 0 Å². The Morgan fingerprint density at radius 3 is 2.56 bits per heavy atom. The Morgan fingerprint density at radius 2 is 1.84 bits per heavy atom. The van der Waals surface area contributed by atoms with Crippen molar-refractivity contribution >= 4 is 44.6 Å². The third-order valence-electron chi connectivity index (χ3n) is 5.52. The molecule has 2 aromatic carbocycles. The van der Waals surface area contributed by atoms with Crippen LogP contribution in [0.2, 0.25) is 10.0 Å². The number of aromatic nitrogens is 1. The number of hydrogen-bond donors (Lipinski definition) is 1. The molecule has 0 fully saturated rings. The van der Waals surface area contributed by atoms with E-state index >= 15 is 0 Å². The normalized spacial score (nSPS) is 12.4. The van der Waals surface area contributed by atoms with Crippen LogP contribution in [0.1, 0.15) is 29.9 Å². The van der Waals surface area contributed by atoms with E-state index in [4.69, 9.17) is 27.6 Å². The van der Waals surface area contributed by atoms with Crippen molar-refractivity contribution in [3.05, 3.63) is 99.3 Å². The Kier molecular flexibility index (Phi) is 5.78. The van der Waals surface area contributed by atoms with Gasteiger partial charge in [-0.25, -0.2) is 0 Å². The topological polar surface area (TPSA) is 46.3 Å². The summed E-state index contributed by atoms with van der Waals surface area (Å²) in [7, 11) is 0. The SMILES string of the molecule is CCc1oc(-c2ccc(Cl)cc2)c(C(O)c2cccnc2)c1-c1csc2ccc(Cl)cc12. The lowest BCUT2D eigenvalue weighted by atomic mass is 9.91. The molecule has 3 heterocycles. The average molecular weight is 480 g/mol. The molecule has 5 aromatic rings.